The van der Waals surface area contributed by atoms with Gasteiger partial charge in [-0.2, -0.15) is 0 Å². The van der Waals surface area contributed by atoms with Gasteiger partial charge in [-0.05, 0) is 229 Å². The van der Waals surface area contributed by atoms with Gasteiger partial charge in [0.1, 0.15) is 124 Å². The number of methoxy groups -OCH3 is 7. The molecule has 0 bridgehead atoms. The summed E-state index contributed by atoms with van der Waals surface area (Å²) in [6.07, 6.45) is 0.0940. The molecule has 0 saturated carbocycles. The highest BCUT2D eigenvalue weighted by Crippen LogP contribution is 2.26. The van der Waals surface area contributed by atoms with Crippen LogP contribution in [0.1, 0.15) is 35.1 Å². The molecule has 11 aromatic rings. The number of carboxylic acids is 2. The van der Waals surface area contributed by atoms with Crippen LogP contribution < -0.4 is 47.4 Å². The van der Waals surface area contributed by atoms with E-state index in [0.29, 0.717) is 59.2 Å². The van der Waals surface area contributed by atoms with E-state index in [-0.39, 0.29) is 106 Å². The number of carbonyl (C=O) groups excluding carboxylic acids is 11. The second-order valence-corrected chi connectivity index (χ2v) is 29.3. The number of ether oxygens (including phenoxy) is 19. The van der Waals surface area contributed by atoms with E-state index >= 15 is 0 Å². The standard InChI is InChI=1S/C27H30O12.C21H22O8.C16H16O4.C13H12O2.C9H10O4.2C8H8O4.C3H5ClO2/c1-33-24(29)15-36-21-6-4-18(5-7-21)12-19(27(32)35-3)13-20(28)14-39-26(31)17-38-23-10-8-22(9-11-23)37-16-25(30)34-2;1-27-21(26)15(10-14-2-4-16(22)5-3-14)11-18(24)12-29-20(25)13-28-19-8-6-17(23)7-9-19;1-18-16(17)12-20-15-9-7-14(8-10-15)19-11-13-5-3-2-4-6-13;14-12-6-8-13(9-7-12)15-10-11-4-2-1-3-5-11;1-12-9(11)6-13-8-4-2-7(10)3-5-8;2*9-6-1-3-7(4-2-6)12-5-8(10)11;1-6-3(5)2-4/h4-11,19H,12-17H2,1-3H3;2-9,15,22-23H,10-13H2,1H3;2-10H,11-12H2,1H3;1-9,14H,10H2;2-5,10H,6H2,1H3;2*1-4,9H,5H2,(H,10,11);2H2,1H3. The maximum atomic E-state index is 12.4. The Balaban J connectivity index is 0.000000367. The summed E-state index contributed by atoms with van der Waals surface area (Å²) in [5.74, 6) is -3.60. The lowest BCUT2D eigenvalue weighted by Crippen LogP contribution is -2.25. The zero-order valence-corrected chi connectivity index (χ0v) is 81.0. The molecule has 0 aliphatic heterocycles. The van der Waals surface area contributed by atoms with Crippen LogP contribution in [-0.2, 0) is 131 Å². The van der Waals surface area contributed by atoms with Gasteiger partial charge < -0.3 is 131 Å². The van der Waals surface area contributed by atoms with Crippen molar-refractivity contribution in [1.29, 1.82) is 0 Å². The van der Waals surface area contributed by atoms with Crippen molar-refractivity contribution < 1.29 is 193 Å². The SMILES string of the molecule is COC(=O)C(CC(=O)COC(=O)COc1ccc(O)cc1)Cc1ccc(O)cc1.COC(=O)CCl.COC(=O)COc1ccc(CC(CC(=O)COC(=O)COc2ccc(OCC(=O)OC)cc2)C(=O)OC)cc1.COC(=O)COc1ccc(O)cc1.COC(=O)COc1ccc(OCc2ccccc2)cc1.O=C(O)COc1ccc(O)cc1.O=C(O)COc1ccc(O)cc1.Oc1ccc(OCc2ccccc2)cc1. The Labute approximate surface area is 843 Å². The molecule has 0 spiro atoms. The van der Waals surface area contributed by atoms with E-state index in [0.717, 1.165) is 33.8 Å². The Bertz CT molecular complexity index is 5640. The molecule has 0 aromatic heterocycles. The molecule has 2 atom stereocenters. The van der Waals surface area contributed by atoms with Crippen LogP contribution in [0.3, 0.4) is 0 Å². The van der Waals surface area contributed by atoms with Crippen molar-refractivity contribution in [2.45, 2.75) is 38.9 Å². The molecule has 41 heteroatoms. The zero-order chi connectivity index (χ0) is 107. The molecule has 0 heterocycles. The topological polar surface area (TPSA) is 559 Å². The van der Waals surface area contributed by atoms with Gasteiger partial charge in [0.2, 0.25) is 0 Å². The quantitative estimate of drug-likeness (QED) is 0.00998. The van der Waals surface area contributed by atoms with Crippen LogP contribution in [0.5, 0.6) is 92.0 Å². The molecule has 8 N–H and O–H groups in total. The minimum absolute atomic E-state index is 0.0590. The Morgan fingerprint density at radius 2 is 0.425 bits per heavy atom. The molecule has 0 saturated heterocycles. The van der Waals surface area contributed by atoms with Crippen molar-refractivity contribution in [1.82, 2.24) is 0 Å². The third-order valence-corrected chi connectivity index (χ3v) is 18.3. The number of halogens is 1. The average molecular weight is 2050 g/mol. The van der Waals surface area contributed by atoms with Crippen LogP contribution in [0.4, 0.5) is 0 Å². The van der Waals surface area contributed by atoms with Gasteiger partial charge in [0, 0.05) is 12.8 Å². The Morgan fingerprint density at radius 3 is 0.637 bits per heavy atom. The number of phenols is 6. The van der Waals surface area contributed by atoms with Crippen LogP contribution >= 0.6 is 11.6 Å². The number of Topliss-reactive ketones (excluding diaryl/α,β-unsaturated/α-hetero) is 2. The number of benzene rings is 11. The highest BCUT2D eigenvalue weighted by Gasteiger charge is 2.26. The molecule has 2 unspecified atom stereocenters. The first-order chi connectivity index (χ1) is 70.1. The van der Waals surface area contributed by atoms with Crippen molar-refractivity contribution in [2.75, 3.05) is 122 Å². The van der Waals surface area contributed by atoms with Gasteiger partial charge in [0.15, 0.2) is 64.4 Å². The summed E-state index contributed by atoms with van der Waals surface area (Å²) >= 11 is 4.98. The lowest BCUT2D eigenvalue weighted by atomic mass is 9.94. The van der Waals surface area contributed by atoms with Crippen LogP contribution in [0.15, 0.2) is 279 Å². The molecule has 146 heavy (non-hydrogen) atoms. The molecule has 0 fully saturated rings. The largest absolute Gasteiger partial charge is 0.508 e. The minimum Gasteiger partial charge on any atom is -0.508 e. The van der Waals surface area contributed by atoms with E-state index in [1.807, 2.05) is 60.7 Å². The molecule has 11 aromatic carbocycles. The summed E-state index contributed by atoms with van der Waals surface area (Å²) < 4.78 is 93.5. The summed E-state index contributed by atoms with van der Waals surface area (Å²) in [4.78, 5) is 146. The maximum Gasteiger partial charge on any atom is 0.344 e. The van der Waals surface area contributed by atoms with Crippen molar-refractivity contribution in [3.05, 3.63) is 301 Å². The summed E-state index contributed by atoms with van der Waals surface area (Å²) in [7, 11) is 8.88. The number of carbonyl (C=O) groups is 13. The average Bonchev–Trinajstić information content (AvgIpc) is 0.790. The van der Waals surface area contributed by atoms with Gasteiger partial charge in [-0.3, -0.25) is 24.0 Å². The van der Waals surface area contributed by atoms with Crippen LogP contribution in [0.2, 0.25) is 0 Å². The number of rotatable bonds is 45. The lowest BCUT2D eigenvalue weighted by Gasteiger charge is -2.15. The van der Waals surface area contributed by atoms with E-state index in [1.165, 1.54) is 159 Å². The first kappa shape index (κ1) is 120. The number of esters is 9. The van der Waals surface area contributed by atoms with E-state index in [4.69, 9.17) is 109 Å². The highest BCUT2D eigenvalue weighted by molar-refractivity contribution is 6.26. The number of carboxylic acid groups (broad SMARTS) is 2. The van der Waals surface area contributed by atoms with E-state index in [1.54, 1.807) is 109 Å². The predicted octanol–water partition coefficient (Wildman–Crippen LogP) is 12.6. The summed E-state index contributed by atoms with van der Waals surface area (Å²) in [5, 5.41) is 70.8. The Hall–Kier alpha value is -18.0. The van der Waals surface area contributed by atoms with E-state index in [2.05, 4.69) is 23.7 Å². The number of aromatic hydroxyl groups is 6. The van der Waals surface area contributed by atoms with Crippen molar-refractivity contribution in [3.8, 4) is 92.0 Å². The highest BCUT2D eigenvalue weighted by atomic mass is 35.5. The Morgan fingerprint density at radius 1 is 0.226 bits per heavy atom. The molecule has 0 aliphatic carbocycles. The molecule has 0 amide bonds. The third kappa shape index (κ3) is 55.7. The zero-order valence-electron chi connectivity index (χ0n) is 80.3. The fourth-order valence-electron chi connectivity index (χ4n) is 10.7. The summed E-state index contributed by atoms with van der Waals surface area (Å²) in [6.45, 7) is -2.23. The first-order valence-electron chi connectivity index (χ1n) is 43.3. The summed E-state index contributed by atoms with van der Waals surface area (Å²) in [6, 6.07) is 76.4. The monoisotopic (exact) mass is 2050 g/mol. The fourth-order valence-corrected chi connectivity index (χ4v) is 10.8. The maximum absolute atomic E-state index is 12.4. The van der Waals surface area contributed by atoms with E-state index in [9.17, 15) is 72.5 Å². The van der Waals surface area contributed by atoms with Gasteiger partial charge in [-0.25, -0.2) is 38.4 Å². The predicted molar refractivity (Wildman–Crippen MR) is 519 cm³/mol. The number of phenolic OH excluding ortho intramolecular Hbond substituents is 6. The minimum atomic E-state index is -1.02. The number of alkyl halides is 1. The van der Waals surface area contributed by atoms with Crippen LogP contribution in [0.25, 0.3) is 0 Å². The van der Waals surface area contributed by atoms with Gasteiger partial charge in [0.25, 0.3) is 0 Å². The number of ketones is 2. The molecule has 0 aliphatic rings. The second-order valence-electron chi connectivity index (χ2n) is 29.0. The molecule has 40 nitrogen and oxygen atoms in total. The smallest absolute Gasteiger partial charge is 0.344 e. The fraction of sp³-hybridized carbons (Fsp3) is 0.248. The molecular weight excluding hydrogens is 1940 g/mol. The van der Waals surface area contributed by atoms with Crippen molar-refractivity contribution in [3.63, 3.8) is 0 Å². The lowest BCUT2D eigenvalue weighted by molar-refractivity contribution is -0.152. The van der Waals surface area contributed by atoms with Gasteiger partial charge in [-0.15, -0.1) is 11.6 Å². The Kier molecular flexibility index (Phi) is 58.2. The number of hydrogen-bond acceptors (Lipinski definition) is 38. The van der Waals surface area contributed by atoms with Crippen LogP contribution in [0, 0.1) is 11.8 Å². The third-order valence-electron chi connectivity index (χ3n) is 18.1. The number of aliphatic carboxylic acids is 2. The molecule has 0 radical (unpaired) electrons. The molecular formula is C105H111ClO40. The van der Waals surface area contributed by atoms with Gasteiger partial charge >= 0.3 is 65.7 Å². The van der Waals surface area contributed by atoms with Crippen molar-refractivity contribution in [2.24, 2.45) is 11.8 Å². The second kappa shape index (κ2) is 70.6. The van der Waals surface area contributed by atoms with E-state index < -0.39 is 115 Å². The molecule has 778 valence electrons. The molecule has 11 rings (SSSR count). The first-order valence-corrected chi connectivity index (χ1v) is 43.9. The van der Waals surface area contributed by atoms with Gasteiger partial charge in [0.05, 0.1) is 61.6 Å². The summed E-state index contributed by atoms with van der Waals surface area (Å²) in [5.41, 5.74) is 3.73. The van der Waals surface area contributed by atoms with Crippen molar-refractivity contribution >= 4 is 88.8 Å². The van der Waals surface area contributed by atoms with Gasteiger partial charge in [-0.1, -0.05) is 84.9 Å². The van der Waals surface area contributed by atoms with Crippen LogP contribution in [-0.4, -0.2) is 240 Å². The number of hydrogen-bond donors (Lipinski definition) is 8. The normalized spacial score (nSPS) is 10.2.